The van der Waals surface area contributed by atoms with Gasteiger partial charge in [0, 0.05) is 0 Å². The fourth-order valence-electron chi connectivity index (χ4n) is 0.0357. The Hall–Kier alpha value is 0.500. The first-order valence-corrected chi connectivity index (χ1v) is 2.76. The van der Waals surface area contributed by atoms with E-state index in [1.807, 2.05) is 0 Å². The third-order valence-corrected chi connectivity index (χ3v) is 1.28. The third-order valence-electron chi connectivity index (χ3n) is 0.428. The molecule has 0 spiro atoms. The van der Waals surface area contributed by atoms with Gasteiger partial charge in [-0.3, -0.25) is 0 Å². The number of hydrogen-bond acceptors (Lipinski definition) is 2. The average molecular weight is 145 g/mol. The molecule has 0 aliphatic carbocycles. The summed E-state index contributed by atoms with van der Waals surface area (Å²) in [4.78, 5) is 0. The molecule has 0 heterocycles. The van der Waals surface area contributed by atoms with Gasteiger partial charge in [0.05, 0.1) is 11.8 Å². The van der Waals surface area contributed by atoms with Gasteiger partial charge in [-0.25, -0.2) is 0 Å². The maximum atomic E-state index is 8.42. The van der Waals surface area contributed by atoms with Crippen LogP contribution in [-0.4, -0.2) is 27.8 Å². The first kappa shape index (κ1) is 7.50. The molecule has 2 nitrogen and oxygen atoms in total. The Morgan fingerprint density at radius 3 is 1.43 bits per heavy atom. The lowest BCUT2D eigenvalue weighted by atomic mass is 10.4. The van der Waals surface area contributed by atoms with Gasteiger partial charge < -0.3 is 10.2 Å². The van der Waals surface area contributed by atoms with E-state index in [1.165, 1.54) is 0 Å². The molecule has 0 aromatic heterocycles. The standard InChI is InChI=1S/C3H6Cl2O2/c4-1-3(6,7)2-5/h6-7H,1-2H2. The normalized spacial score (nSPS) is 12.0. The van der Waals surface area contributed by atoms with E-state index < -0.39 is 5.79 Å². The second kappa shape index (κ2) is 2.72. The molecule has 0 unspecified atom stereocenters. The molecular formula is C3H6Cl2O2. The molecule has 0 aliphatic heterocycles. The minimum absolute atomic E-state index is 0.253. The van der Waals surface area contributed by atoms with Crippen molar-refractivity contribution in [2.24, 2.45) is 0 Å². The molecule has 0 saturated carbocycles. The summed E-state index contributed by atoms with van der Waals surface area (Å²) in [5.41, 5.74) is 0. The van der Waals surface area contributed by atoms with Crippen LogP contribution in [0.5, 0.6) is 0 Å². The van der Waals surface area contributed by atoms with Crippen molar-refractivity contribution in [1.29, 1.82) is 0 Å². The van der Waals surface area contributed by atoms with E-state index in [0.29, 0.717) is 0 Å². The molecule has 0 amide bonds. The van der Waals surface area contributed by atoms with Gasteiger partial charge >= 0.3 is 0 Å². The van der Waals surface area contributed by atoms with E-state index in [2.05, 4.69) is 0 Å². The highest BCUT2D eigenvalue weighted by molar-refractivity contribution is 6.21. The summed E-state index contributed by atoms with van der Waals surface area (Å²) < 4.78 is 0. The SMILES string of the molecule is OC(O)(CCl)CCl. The van der Waals surface area contributed by atoms with Crippen LogP contribution in [0.2, 0.25) is 0 Å². The van der Waals surface area contributed by atoms with Crippen molar-refractivity contribution in [2.75, 3.05) is 11.8 Å². The summed E-state index contributed by atoms with van der Waals surface area (Å²) in [5, 5.41) is 16.8. The van der Waals surface area contributed by atoms with Crippen LogP contribution in [0.15, 0.2) is 0 Å². The molecule has 0 saturated heterocycles. The molecule has 7 heavy (non-hydrogen) atoms. The fraction of sp³-hybridized carbons (Fsp3) is 1.00. The Bertz CT molecular complexity index is 48.9. The average Bonchev–Trinajstić information content (AvgIpc) is 1.68. The lowest BCUT2D eigenvalue weighted by Crippen LogP contribution is -2.31. The third kappa shape index (κ3) is 3.12. The van der Waals surface area contributed by atoms with Crippen LogP contribution in [0.1, 0.15) is 0 Å². The van der Waals surface area contributed by atoms with Crippen molar-refractivity contribution >= 4 is 23.2 Å². The highest BCUT2D eigenvalue weighted by Crippen LogP contribution is 2.02. The van der Waals surface area contributed by atoms with Gasteiger partial charge in [0.2, 0.25) is 0 Å². The molecule has 0 aromatic rings. The van der Waals surface area contributed by atoms with Crippen molar-refractivity contribution in [3.05, 3.63) is 0 Å². The number of halogens is 2. The lowest BCUT2D eigenvalue weighted by molar-refractivity contribution is -0.121. The number of aliphatic hydroxyl groups is 2. The highest BCUT2D eigenvalue weighted by atomic mass is 35.5. The molecule has 0 aromatic carbocycles. The van der Waals surface area contributed by atoms with E-state index in [0.717, 1.165) is 0 Å². The molecule has 0 aliphatic rings. The largest absolute Gasteiger partial charge is 0.364 e. The molecule has 0 bridgehead atoms. The molecule has 44 valence electrons. The summed E-state index contributed by atoms with van der Waals surface area (Å²) in [6.07, 6.45) is 0. The molecular weight excluding hydrogens is 139 g/mol. The molecule has 0 rings (SSSR count). The quantitative estimate of drug-likeness (QED) is 0.428. The summed E-state index contributed by atoms with van der Waals surface area (Å²) in [6.45, 7) is 0. The molecule has 0 atom stereocenters. The number of hydrogen-bond donors (Lipinski definition) is 2. The van der Waals surface area contributed by atoms with Crippen LogP contribution in [0.25, 0.3) is 0 Å². The first-order valence-electron chi connectivity index (χ1n) is 1.69. The second-order valence-corrected chi connectivity index (χ2v) is 1.78. The van der Waals surface area contributed by atoms with Crippen LogP contribution < -0.4 is 0 Å². The number of alkyl halides is 2. The van der Waals surface area contributed by atoms with E-state index >= 15 is 0 Å². The van der Waals surface area contributed by atoms with E-state index in [4.69, 9.17) is 33.4 Å². The Morgan fingerprint density at radius 1 is 1.14 bits per heavy atom. The molecule has 4 heteroatoms. The maximum absolute atomic E-state index is 8.42. The summed E-state index contributed by atoms with van der Waals surface area (Å²) >= 11 is 10.0. The van der Waals surface area contributed by atoms with Gasteiger partial charge in [-0.2, -0.15) is 0 Å². The Labute approximate surface area is 51.7 Å². The topological polar surface area (TPSA) is 40.5 Å². The van der Waals surface area contributed by atoms with Crippen LogP contribution >= 0.6 is 23.2 Å². The Kier molecular flexibility index (Phi) is 2.92. The van der Waals surface area contributed by atoms with Crippen molar-refractivity contribution in [3.8, 4) is 0 Å². The summed E-state index contributed by atoms with van der Waals surface area (Å²) in [6, 6.07) is 0. The Balaban J connectivity index is 3.36. The first-order chi connectivity index (χ1) is 3.12. The van der Waals surface area contributed by atoms with Gasteiger partial charge in [0.15, 0.2) is 5.79 Å². The maximum Gasteiger partial charge on any atom is 0.190 e. The highest BCUT2D eigenvalue weighted by Gasteiger charge is 2.18. The predicted molar refractivity (Wildman–Crippen MR) is 28.6 cm³/mol. The number of rotatable bonds is 2. The lowest BCUT2D eigenvalue weighted by Gasteiger charge is -2.12. The van der Waals surface area contributed by atoms with E-state index in [-0.39, 0.29) is 11.8 Å². The van der Waals surface area contributed by atoms with Gasteiger partial charge in [0.1, 0.15) is 0 Å². The smallest absolute Gasteiger partial charge is 0.190 e. The second-order valence-electron chi connectivity index (χ2n) is 1.25. The van der Waals surface area contributed by atoms with Crippen molar-refractivity contribution in [3.63, 3.8) is 0 Å². The zero-order valence-corrected chi connectivity index (χ0v) is 5.08. The van der Waals surface area contributed by atoms with Crippen LogP contribution in [0, 0.1) is 0 Å². The van der Waals surface area contributed by atoms with E-state index in [9.17, 15) is 0 Å². The van der Waals surface area contributed by atoms with Gasteiger partial charge in [-0.15, -0.1) is 23.2 Å². The summed E-state index contributed by atoms with van der Waals surface area (Å²) in [7, 11) is 0. The minimum Gasteiger partial charge on any atom is -0.364 e. The predicted octanol–water partition coefficient (Wildman–Crippen LogP) is 0.145. The van der Waals surface area contributed by atoms with Crippen molar-refractivity contribution in [2.45, 2.75) is 5.79 Å². The van der Waals surface area contributed by atoms with E-state index in [1.54, 1.807) is 0 Å². The molecule has 0 radical (unpaired) electrons. The monoisotopic (exact) mass is 144 g/mol. The fourth-order valence-corrected chi connectivity index (χ4v) is 0.321. The van der Waals surface area contributed by atoms with Crippen LogP contribution in [-0.2, 0) is 0 Å². The van der Waals surface area contributed by atoms with Gasteiger partial charge in [0.25, 0.3) is 0 Å². The molecule has 0 fully saturated rings. The minimum atomic E-state index is -1.89. The summed E-state index contributed by atoms with van der Waals surface area (Å²) in [5.74, 6) is -2.39. The van der Waals surface area contributed by atoms with Crippen LogP contribution in [0.4, 0.5) is 0 Å². The van der Waals surface area contributed by atoms with Gasteiger partial charge in [-0.1, -0.05) is 0 Å². The molecule has 2 N–H and O–H groups in total. The zero-order chi connectivity index (χ0) is 5.91. The van der Waals surface area contributed by atoms with Gasteiger partial charge in [-0.05, 0) is 0 Å². The van der Waals surface area contributed by atoms with Crippen molar-refractivity contribution < 1.29 is 10.2 Å². The van der Waals surface area contributed by atoms with Crippen LogP contribution in [0.3, 0.4) is 0 Å². The zero-order valence-electron chi connectivity index (χ0n) is 3.56. The Morgan fingerprint density at radius 2 is 1.43 bits per heavy atom. The van der Waals surface area contributed by atoms with Crippen molar-refractivity contribution in [1.82, 2.24) is 0 Å².